The van der Waals surface area contributed by atoms with Gasteiger partial charge in [0.2, 0.25) is 5.91 Å². The van der Waals surface area contributed by atoms with E-state index >= 15 is 0 Å². The zero-order valence-electron chi connectivity index (χ0n) is 20.1. The van der Waals surface area contributed by atoms with E-state index in [2.05, 4.69) is 21.2 Å². The Morgan fingerprint density at radius 2 is 1.57 bits per heavy atom. The van der Waals surface area contributed by atoms with E-state index in [1.165, 1.54) is 0 Å². The van der Waals surface area contributed by atoms with Crippen molar-refractivity contribution in [3.05, 3.63) is 99.5 Å². The smallest absolute Gasteiger partial charge is 0.261 e. The minimum Gasteiger partial charge on any atom is -0.483 e. The molecule has 0 fully saturated rings. The molecule has 0 saturated carbocycles. The van der Waals surface area contributed by atoms with Gasteiger partial charge >= 0.3 is 0 Å². The van der Waals surface area contributed by atoms with E-state index in [4.69, 9.17) is 16.3 Å². The molecule has 0 bridgehead atoms. The highest BCUT2D eigenvalue weighted by molar-refractivity contribution is 9.10. The van der Waals surface area contributed by atoms with Crippen LogP contribution in [-0.4, -0.2) is 34.9 Å². The van der Waals surface area contributed by atoms with Gasteiger partial charge in [0, 0.05) is 23.5 Å². The third kappa shape index (κ3) is 8.41. The van der Waals surface area contributed by atoms with Crippen molar-refractivity contribution < 1.29 is 14.3 Å². The average Bonchev–Trinajstić information content (AvgIpc) is 2.81. The quantitative estimate of drug-likeness (QED) is 0.349. The zero-order valence-corrected chi connectivity index (χ0v) is 22.5. The average molecular weight is 558 g/mol. The van der Waals surface area contributed by atoms with Crippen molar-refractivity contribution in [2.24, 2.45) is 0 Å². The summed E-state index contributed by atoms with van der Waals surface area (Å²) < 4.78 is 6.48. The largest absolute Gasteiger partial charge is 0.483 e. The van der Waals surface area contributed by atoms with E-state index in [1.54, 1.807) is 23.1 Å². The number of carbonyl (C=O) groups excluding carboxylic acids is 2. The van der Waals surface area contributed by atoms with Crippen molar-refractivity contribution in [2.75, 3.05) is 6.61 Å². The van der Waals surface area contributed by atoms with Crippen LogP contribution in [0.25, 0.3) is 0 Å². The molecule has 2 amide bonds. The fraction of sp³-hybridized carbons (Fsp3) is 0.286. The van der Waals surface area contributed by atoms with Crippen LogP contribution in [0.1, 0.15) is 31.9 Å². The lowest BCUT2D eigenvalue weighted by Crippen LogP contribution is -2.55. The number of nitrogens with zero attached hydrogens (tertiary/aromatic N) is 1. The summed E-state index contributed by atoms with van der Waals surface area (Å²) in [5, 5.41) is 3.61. The van der Waals surface area contributed by atoms with Gasteiger partial charge in [0.05, 0.1) is 4.47 Å². The van der Waals surface area contributed by atoms with E-state index in [-0.39, 0.29) is 25.0 Å². The fourth-order valence-corrected chi connectivity index (χ4v) is 4.40. The predicted octanol–water partition coefficient (Wildman–Crippen LogP) is 6.04. The standard InChI is InChI=1S/C28H30BrClN2O3/c1-28(2,3)31-27(34)24(16-20-10-6-4-7-11-20)32(18-21-12-8-5-9-13-21)26(33)19-35-25-15-14-22(30)17-23(25)29/h4-15,17,24H,16,18-19H2,1-3H3,(H,31,34)/t24-/m0/s1. The Hall–Kier alpha value is -2.83. The molecule has 3 aromatic carbocycles. The number of hydrogen-bond acceptors (Lipinski definition) is 3. The minimum absolute atomic E-state index is 0.210. The Kier molecular flexibility index (Phi) is 9.35. The monoisotopic (exact) mass is 556 g/mol. The third-order valence-corrected chi connectivity index (χ3v) is 6.06. The second-order valence-corrected chi connectivity index (χ2v) is 10.6. The molecule has 35 heavy (non-hydrogen) atoms. The number of nitrogens with one attached hydrogen (secondary N) is 1. The first kappa shape index (κ1) is 26.8. The molecule has 3 rings (SSSR count). The normalized spacial score (nSPS) is 12.0. The summed E-state index contributed by atoms with van der Waals surface area (Å²) in [4.78, 5) is 28.7. The molecule has 3 aromatic rings. The van der Waals surface area contributed by atoms with Gasteiger partial charge in [0.15, 0.2) is 6.61 Å². The summed E-state index contributed by atoms with van der Waals surface area (Å²) in [6, 6.07) is 23.7. The Bertz CT molecular complexity index is 1130. The second-order valence-electron chi connectivity index (χ2n) is 9.32. The van der Waals surface area contributed by atoms with Crippen LogP contribution in [-0.2, 0) is 22.6 Å². The molecular formula is C28H30BrClN2O3. The maximum absolute atomic E-state index is 13.6. The third-order valence-electron chi connectivity index (χ3n) is 5.21. The molecule has 0 heterocycles. The molecule has 0 aliphatic carbocycles. The number of ether oxygens (including phenoxy) is 1. The number of carbonyl (C=O) groups is 2. The molecule has 0 aliphatic heterocycles. The van der Waals surface area contributed by atoms with Gasteiger partial charge in [-0.15, -0.1) is 0 Å². The molecule has 184 valence electrons. The lowest BCUT2D eigenvalue weighted by atomic mass is 10.0. The molecule has 0 saturated heterocycles. The number of halogens is 2. The van der Waals surface area contributed by atoms with E-state index in [0.717, 1.165) is 11.1 Å². The van der Waals surface area contributed by atoms with Crippen molar-refractivity contribution in [3.8, 4) is 5.75 Å². The van der Waals surface area contributed by atoms with Crippen LogP contribution < -0.4 is 10.1 Å². The number of amides is 2. The van der Waals surface area contributed by atoms with E-state index in [0.29, 0.717) is 21.7 Å². The van der Waals surface area contributed by atoms with Gasteiger partial charge in [-0.25, -0.2) is 0 Å². The topological polar surface area (TPSA) is 58.6 Å². The Labute approximate surface area is 220 Å². The van der Waals surface area contributed by atoms with Gasteiger partial charge in [-0.05, 0) is 66.0 Å². The van der Waals surface area contributed by atoms with E-state index in [1.807, 2.05) is 81.4 Å². The highest BCUT2D eigenvalue weighted by Crippen LogP contribution is 2.28. The summed E-state index contributed by atoms with van der Waals surface area (Å²) >= 11 is 9.44. The molecular weight excluding hydrogens is 528 g/mol. The van der Waals surface area contributed by atoms with Crippen LogP contribution >= 0.6 is 27.5 Å². The number of rotatable bonds is 9. The maximum Gasteiger partial charge on any atom is 0.261 e. The van der Waals surface area contributed by atoms with Crippen molar-refractivity contribution in [1.29, 1.82) is 0 Å². The summed E-state index contributed by atoms with van der Waals surface area (Å²) in [6.45, 7) is 5.83. The van der Waals surface area contributed by atoms with E-state index in [9.17, 15) is 9.59 Å². The minimum atomic E-state index is -0.721. The van der Waals surface area contributed by atoms with Gasteiger partial charge in [0.1, 0.15) is 11.8 Å². The highest BCUT2D eigenvalue weighted by atomic mass is 79.9. The van der Waals surface area contributed by atoms with Gasteiger partial charge in [-0.3, -0.25) is 9.59 Å². The molecule has 0 radical (unpaired) electrons. The highest BCUT2D eigenvalue weighted by Gasteiger charge is 2.32. The molecule has 7 heteroatoms. The lowest BCUT2D eigenvalue weighted by molar-refractivity contribution is -0.143. The van der Waals surface area contributed by atoms with Gasteiger partial charge < -0.3 is 15.0 Å². The molecule has 5 nitrogen and oxygen atoms in total. The summed E-state index contributed by atoms with van der Waals surface area (Å²) in [7, 11) is 0. The van der Waals surface area contributed by atoms with Crippen LogP contribution in [0.3, 0.4) is 0 Å². The predicted molar refractivity (Wildman–Crippen MR) is 143 cm³/mol. The Morgan fingerprint density at radius 3 is 2.14 bits per heavy atom. The lowest BCUT2D eigenvalue weighted by Gasteiger charge is -2.33. The SMILES string of the molecule is CC(C)(C)NC(=O)[C@H](Cc1ccccc1)N(Cc1ccccc1)C(=O)COc1ccc(Cl)cc1Br. The first-order valence-electron chi connectivity index (χ1n) is 11.4. The van der Waals surface area contributed by atoms with Crippen LogP contribution in [0.4, 0.5) is 0 Å². The van der Waals surface area contributed by atoms with Crippen molar-refractivity contribution in [2.45, 2.75) is 45.3 Å². The maximum atomic E-state index is 13.6. The van der Waals surface area contributed by atoms with Gasteiger partial charge in [-0.1, -0.05) is 72.3 Å². The van der Waals surface area contributed by atoms with Crippen molar-refractivity contribution in [3.63, 3.8) is 0 Å². The van der Waals surface area contributed by atoms with Crippen LogP contribution in [0.2, 0.25) is 5.02 Å². The first-order chi connectivity index (χ1) is 16.6. The summed E-state index contributed by atoms with van der Waals surface area (Å²) in [5.74, 6) is 0.000152. The molecule has 0 spiro atoms. The Morgan fingerprint density at radius 1 is 0.971 bits per heavy atom. The summed E-state index contributed by atoms with van der Waals surface area (Å²) in [5.41, 5.74) is 1.45. The first-order valence-corrected chi connectivity index (χ1v) is 12.6. The van der Waals surface area contributed by atoms with Crippen LogP contribution in [0.5, 0.6) is 5.75 Å². The molecule has 0 aromatic heterocycles. The van der Waals surface area contributed by atoms with Crippen LogP contribution in [0, 0.1) is 0 Å². The fourth-order valence-electron chi connectivity index (χ4n) is 3.60. The van der Waals surface area contributed by atoms with Crippen LogP contribution in [0.15, 0.2) is 83.3 Å². The molecule has 1 N–H and O–H groups in total. The van der Waals surface area contributed by atoms with Gasteiger partial charge in [0.25, 0.3) is 5.91 Å². The van der Waals surface area contributed by atoms with Crippen molar-refractivity contribution >= 4 is 39.3 Å². The summed E-state index contributed by atoms with van der Waals surface area (Å²) in [6.07, 6.45) is 0.381. The molecule has 1 atom stereocenters. The second kappa shape index (κ2) is 12.2. The molecule has 0 aliphatic rings. The number of benzene rings is 3. The zero-order chi connectivity index (χ0) is 25.4. The van der Waals surface area contributed by atoms with Crippen molar-refractivity contribution in [1.82, 2.24) is 10.2 Å². The van der Waals surface area contributed by atoms with Gasteiger partial charge in [-0.2, -0.15) is 0 Å². The number of hydrogen-bond donors (Lipinski definition) is 1. The van der Waals surface area contributed by atoms with E-state index < -0.39 is 11.6 Å². The molecule has 0 unspecified atom stereocenters. The Balaban J connectivity index is 1.91.